The number of nitrogens with zero attached hydrogens (tertiary/aromatic N) is 1. The molecule has 1 N–H and O–H groups in total. The Morgan fingerprint density at radius 1 is 1.00 bits per heavy atom. The Hall–Kier alpha value is -4.07. The van der Waals surface area contributed by atoms with E-state index in [2.05, 4.69) is 5.32 Å². The van der Waals surface area contributed by atoms with Crippen LogP contribution in [0.2, 0.25) is 0 Å². The normalized spacial score (nSPS) is 10.3. The summed E-state index contributed by atoms with van der Waals surface area (Å²) in [5, 5.41) is 13.1. The summed E-state index contributed by atoms with van der Waals surface area (Å²) in [6.07, 6.45) is 0.525. The summed E-state index contributed by atoms with van der Waals surface area (Å²) in [6.45, 7) is -0.594. The minimum atomic E-state index is -1.01. The molecule has 0 aliphatic rings. The van der Waals surface area contributed by atoms with Gasteiger partial charge in [0.1, 0.15) is 0 Å². The highest BCUT2D eigenvalue weighted by molar-refractivity contribution is 5.96. The molecule has 3 aromatic carbocycles. The predicted molar refractivity (Wildman–Crippen MR) is 108 cm³/mol. The number of nitro benzene ring substituents is 1. The molecule has 0 aliphatic carbocycles. The number of benzene rings is 3. The summed E-state index contributed by atoms with van der Waals surface area (Å²) in [7, 11) is 0. The van der Waals surface area contributed by atoms with Crippen molar-refractivity contribution >= 4 is 23.3 Å². The zero-order valence-electron chi connectivity index (χ0n) is 15.7. The molecule has 0 radical (unpaired) electrons. The van der Waals surface area contributed by atoms with Crippen LogP contribution in [-0.4, -0.2) is 23.4 Å². The fraction of sp³-hybridized carbons (Fsp3) is 0.0909. The molecule has 8 heteroatoms. The minimum Gasteiger partial charge on any atom is -0.452 e. The van der Waals surface area contributed by atoms with E-state index < -0.39 is 34.9 Å². The van der Waals surface area contributed by atoms with Crippen molar-refractivity contribution in [3.63, 3.8) is 0 Å². The lowest BCUT2D eigenvalue weighted by atomic mass is 10.00. The topological polar surface area (TPSA) is 98.5 Å². The van der Waals surface area contributed by atoms with Crippen LogP contribution < -0.4 is 5.32 Å². The zero-order chi connectivity index (χ0) is 21.5. The largest absolute Gasteiger partial charge is 0.452 e. The first kappa shape index (κ1) is 20.7. The number of hydrogen-bond acceptors (Lipinski definition) is 5. The van der Waals surface area contributed by atoms with Crippen molar-refractivity contribution < 1.29 is 23.6 Å². The van der Waals surface area contributed by atoms with E-state index in [-0.39, 0.29) is 5.69 Å². The molecule has 0 spiro atoms. The van der Waals surface area contributed by atoms with Crippen LogP contribution >= 0.6 is 0 Å². The Bertz CT molecular complexity index is 1090. The molecule has 30 heavy (non-hydrogen) atoms. The first-order valence-electron chi connectivity index (χ1n) is 8.97. The first-order valence-corrected chi connectivity index (χ1v) is 8.97. The van der Waals surface area contributed by atoms with Crippen molar-refractivity contribution in [2.75, 3.05) is 11.9 Å². The smallest absolute Gasteiger partial charge is 0.338 e. The van der Waals surface area contributed by atoms with E-state index in [1.54, 1.807) is 18.2 Å². The van der Waals surface area contributed by atoms with Gasteiger partial charge in [0.2, 0.25) is 5.82 Å². The van der Waals surface area contributed by atoms with Gasteiger partial charge < -0.3 is 10.1 Å². The molecule has 0 bridgehead atoms. The summed E-state index contributed by atoms with van der Waals surface area (Å²) in [5.74, 6) is -2.38. The van der Waals surface area contributed by atoms with Crippen molar-refractivity contribution in [2.45, 2.75) is 6.42 Å². The number of carbonyl (C=O) groups is 2. The molecule has 0 aliphatic heterocycles. The average Bonchev–Trinajstić information content (AvgIpc) is 2.74. The third-order valence-electron chi connectivity index (χ3n) is 4.24. The van der Waals surface area contributed by atoms with Gasteiger partial charge in [-0.05, 0) is 35.7 Å². The molecule has 0 unspecified atom stereocenters. The lowest BCUT2D eigenvalue weighted by molar-refractivity contribution is -0.387. The number of halogens is 1. The Morgan fingerprint density at radius 2 is 1.70 bits per heavy atom. The van der Waals surface area contributed by atoms with Gasteiger partial charge in [-0.25, -0.2) is 4.79 Å². The molecule has 3 rings (SSSR count). The maximum Gasteiger partial charge on any atom is 0.338 e. The number of ether oxygens (including phenoxy) is 1. The molecule has 152 valence electrons. The van der Waals surface area contributed by atoms with Gasteiger partial charge >= 0.3 is 11.7 Å². The number of carbonyl (C=O) groups excluding carboxylic acids is 2. The van der Waals surface area contributed by atoms with Crippen molar-refractivity contribution in [2.24, 2.45) is 0 Å². The summed E-state index contributed by atoms with van der Waals surface area (Å²) >= 11 is 0. The van der Waals surface area contributed by atoms with Crippen LogP contribution in [0.15, 0.2) is 72.8 Å². The fourth-order valence-corrected chi connectivity index (χ4v) is 2.83. The molecule has 1 amide bonds. The number of anilines is 1. The van der Waals surface area contributed by atoms with E-state index in [0.717, 1.165) is 23.3 Å². The highest BCUT2D eigenvalue weighted by Gasteiger charge is 2.17. The summed E-state index contributed by atoms with van der Waals surface area (Å²) in [6, 6.07) is 19.5. The second kappa shape index (κ2) is 9.42. The number of esters is 1. The van der Waals surface area contributed by atoms with Crippen molar-refractivity contribution in [3.8, 4) is 0 Å². The second-order valence-corrected chi connectivity index (χ2v) is 6.37. The molecule has 0 aromatic heterocycles. The van der Waals surface area contributed by atoms with E-state index in [1.807, 2.05) is 36.4 Å². The number of hydrogen-bond donors (Lipinski definition) is 1. The van der Waals surface area contributed by atoms with Crippen LogP contribution in [0, 0.1) is 15.9 Å². The molecule has 0 saturated carbocycles. The number of rotatable bonds is 7. The average molecular weight is 408 g/mol. The fourth-order valence-electron chi connectivity index (χ4n) is 2.83. The van der Waals surface area contributed by atoms with E-state index >= 15 is 0 Å². The van der Waals surface area contributed by atoms with Crippen LogP contribution in [-0.2, 0) is 16.0 Å². The van der Waals surface area contributed by atoms with Gasteiger partial charge in [-0.2, -0.15) is 4.39 Å². The van der Waals surface area contributed by atoms with Crippen LogP contribution in [0.25, 0.3) is 0 Å². The Labute approximate surface area is 171 Å². The first-order chi connectivity index (χ1) is 14.4. The summed E-state index contributed by atoms with van der Waals surface area (Å²) < 4.78 is 18.5. The van der Waals surface area contributed by atoms with Crippen molar-refractivity contribution in [1.82, 2.24) is 0 Å². The maximum atomic E-state index is 13.4. The van der Waals surface area contributed by atoms with Gasteiger partial charge in [-0.3, -0.25) is 14.9 Å². The minimum absolute atomic E-state index is 0.0219. The maximum absolute atomic E-state index is 13.4. The van der Waals surface area contributed by atoms with Gasteiger partial charge in [0.05, 0.1) is 10.5 Å². The van der Waals surface area contributed by atoms with Crippen LogP contribution in [0.1, 0.15) is 21.5 Å². The zero-order valence-corrected chi connectivity index (χ0v) is 15.7. The highest BCUT2D eigenvalue weighted by atomic mass is 19.1. The van der Waals surface area contributed by atoms with Crippen LogP contribution in [0.5, 0.6) is 0 Å². The van der Waals surface area contributed by atoms with E-state index in [0.29, 0.717) is 12.0 Å². The van der Waals surface area contributed by atoms with Gasteiger partial charge in [-0.1, -0.05) is 48.5 Å². The molecule has 0 fully saturated rings. The quantitative estimate of drug-likeness (QED) is 0.360. The molecule has 0 heterocycles. The van der Waals surface area contributed by atoms with E-state index in [9.17, 15) is 24.1 Å². The monoisotopic (exact) mass is 408 g/mol. The number of amides is 1. The third kappa shape index (κ3) is 5.26. The van der Waals surface area contributed by atoms with Crippen molar-refractivity contribution in [1.29, 1.82) is 0 Å². The number of nitro groups is 1. The molecule has 0 saturated heterocycles. The van der Waals surface area contributed by atoms with E-state index in [4.69, 9.17) is 4.74 Å². The van der Waals surface area contributed by atoms with Gasteiger partial charge in [0, 0.05) is 11.8 Å². The molecule has 7 nitrogen and oxygen atoms in total. The second-order valence-electron chi connectivity index (χ2n) is 6.37. The Morgan fingerprint density at radius 3 is 2.43 bits per heavy atom. The Kier molecular flexibility index (Phi) is 6.49. The molecular weight excluding hydrogens is 391 g/mol. The summed E-state index contributed by atoms with van der Waals surface area (Å²) in [4.78, 5) is 34.4. The summed E-state index contributed by atoms with van der Waals surface area (Å²) in [5.41, 5.74) is 1.37. The van der Waals surface area contributed by atoms with Gasteiger partial charge in [-0.15, -0.1) is 0 Å². The SMILES string of the molecule is O=C(COC(=O)c1ccccc1Cc1ccccc1)Nc1ccc(F)c([N+](=O)[O-])c1. The Balaban J connectivity index is 1.63. The van der Waals surface area contributed by atoms with E-state index in [1.165, 1.54) is 6.07 Å². The van der Waals surface area contributed by atoms with Crippen LogP contribution in [0.3, 0.4) is 0 Å². The number of nitrogens with one attached hydrogen (secondary N) is 1. The molecule has 3 aromatic rings. The van der Waals surface area contributed by atoms with Crippen LogP contribution in [0.4, 0.5) is 15.8 Å². The standard InChI is InChI=1S/C22H17FN2O5/c23-19-11-10-17(13-20(19)25(28)29)24-21(26)14-30-22(27)18-9-5-4-8-16(18)12-15-6-2-1-3-7-15/h1-11,13H,12,14H2,(H,24,26). The highest BCUT2D eigenvalue weighted by Crippen LogP contribution is 2.21. The third-order valence-corrected chi connectivity index (χ3v) is 4.24. The molecule has 0 atom stereocenters. The molecular formula is C22H17FN2O5. The van der Waals surface area contributed by atoms with Crippen molar-refractivity contribution in [3.05, 3.63) is 105 Å². The van der Waals surface area contributed by atoms with Gasteiger partial charge in [0.15, 0.2) is 6.61 Å². The lowest BCUT2D eigenvalue weighted by Gasteiger charge is -2.10. The predicted octanol–water partition coefficient (Wildman–Crippen LogP) is 4.12. The van der Waals surface area contributed by atoms with Gasteiger partial charge in [0.25, 0.3) is 5.91 Å². The lowest BCUT2D eigenvalue weighted by Crippen LogP contribution is -2.21.